The lowest BCUT2D eigenvalue weighted by molar-refractivity contribution is -0.122. The first-order valence-electron chi connectivity index (χ1n) is 3.94. The number of hydrogen-bond acceptors (Lipinski definition) is 4. The minimum absolute atomic E-state index is 0.0697. The molecule has 0 aromatic carbocycles. The summed E-state index contributed by atoms with van der Waals surface area (Å²) in [6.07, 6.45) is 0.909. The van der Waals surface area contributed by atoms with Crippen molar-refractivity contribution in [3.63, 3.8) is 0 Å². The maximum atomic E-state index is 11.2. The molecule has 5 nitrogen and oxygen atoms in total. The average Bonchev–Trinajstić information content (AvgIpc) is 2.58. The molecule has 0 aliphatic carbocycles. The van der Waals surface area contributed by atoms with Crippen LogP contribution >= 0.6 is 0 Å². The fraction of sp³-hybridized carbons (Fsp3) is 0.714. The molecule has 2 aliphatic heterocycles. The van der Waals surface area contributed by atoms with E-state index in [2.05, 4.69) is 10.5 Å². The van der Waals surface area contributed by atoms with Crippen molar-refractivity contribution in [1.82, 2.24) is 5.32 Å². The van der Waals surface area contributed by atoms with Crippen LogP contribution in [-0.2, 0) is 14.4 Å². The third kappa shape index (κ3) is 0.972. The lowest BCUT2D eigenvalue weighted by atomic mass is 10.1. The second kappa shape index (κ2) is 2.75. The summed E-state index contributed by atoms with van der Waals surface area (Å²) in [5.74, 6) is -0.332. The second-order valence-corrected chi connectivity index (χ2v) is 2.73. The number of amides is 1. The molecule has 0 bridgehead atoms. The molecule has 0 aromatic rings. The summed E-state index contributed by atoms with van der Waals surface area (Å²) < 4.78 is 5.25. The molecule has 12 heavy (non-hydrogen) atoms. The minimum atomic E-state index is -0.338. The molecule has 66 valence electrons. The van der Waals surface area contributed by atoms with E-state index in [1.807, 2.05) is 6.92 Å². The monoisotopic (exact) mass is 170 g/mol. The molecule has 5 heteroatoms. The van der Waals surface area contributed by atoms with Gasteiger partial charge in [-0.2, -0.15) is 0 Å². The number of nitrogens with one attached hydrogen (secondary N) is 1. The van der Waals surface area contributed by atoms with Gasteiger partial charge in [-0.15, -0.1) is 0 Å². The Kier molecular flexibility index (Phi) is 1.73. The van der Waals surface area contributed by atoms with Gasteiger partial charge >= 0.3 is 0 Å². The van der Waals surface area contributed by atoms with E-state index in [1.54, 1.807) is 0 Å². The molecule has 0 spiro atoms. The van der Waals surface area contributed by atoms with Gasteiger partial charge in [0.05, 0.1) is 6.21 Å². The molecule has 1 fully saturated rings. The number of fused-ring (bicyclic) bond motifs is 1. The zero-order chi connectivity index (χ0) is 8.55. The van der Waals surface area contributed by atoms with Crippen LogP contribution in [0.25, 0.3) is 0 Å². The third-order valence-corrected chi connectivity index (χ3v) is 1.99. The molecule has 3 atom stereocenters. The quantitative estimate of drug-likeness (QED) is 0.606. The van der Waals surface area contributed by atoms with Crippen molar-refractivity contribution in [3.8, 4) is 0 Å². The molecule has 0 radical (unpaired) electrons. The number of oxime groups is 1. The van der Waals surface area contributed by atoms with Crippen LogP contribution in [0.1, 0.15) is 6.92 Å². The Morgan fingerprint density at radius 3 is 3.42 bits per heavy atom. The van der Waals surface area contributed by atoms with E-state index in [0.717, 1.165) is 0 Å². The normalized spacial score (nSPS) is 37.8. The Balaban J connectivity index is 2.07. The zero-order valence-electron chi connectivity index (χ0n) is 6.69. The van der Waals surface area contributed by atoms with E-state index in [-0.39, 0.29) is 24.2 Å². The minimum Gasteiger partial charge on any atom is -0.387 e. The molecule has 1 saturated heterocycles. The van der Waals surface area contributed by atoms with Crippen molar-refractivity contribution in [2.45, 2.75) is 19.3 Å². The van der Waals surface area contributed by atoms with Gasteiger partial charge in [-0.05, 0) is 6.92 Å². The van der Waals surface area contributed by atoms with Gasteiger partial charge < -0.3 is 14.9 Å². The van der Waals surface area contributed by atoms with Crippen molar-refractivity contribution in [2.24, 2.45) is 11.1 Å². The summed E-state index contributed by atoms with van der Waals surface area (Å²) in [6.45, 7) is 2.42. The number of carbonyl (C=O) groups is 1. The van der Waals surface area contributed by atoms with Gasteiger partial charge in [-0.1, -0.05) is 5.16 Å². The first-order chi connectivity index (χ1) is 5.83. The molecular formula is C7H10N2O3. The highest BCUT2D eigenvalue weighted by molar-refractivity contribution is 5.96. The lowest BCUT2D eigenvalue weighted by Gasteiger charge is -2.14. The fourth-order valence-corrected chi connectivity index (χ4v) is 1.42. The topological polar surface area (TPSA) is 59.9 Å². The average molecular weight is 170 g/mol. The van der Waals surface area contributed by atoms with Crippen LogP contribution in [0.15, 0.2) is 5.16 Å². The van der Waals surface area contributed by atoms with E-state index in [1.165, 1.54) is 6.21 Å². The summed E-state index contributed by atoms with van der Waals surface area (Å²) in [5.41, 5.74) is 0. The summed E-state index contributed by atoms with van der Waals surface area (Å²) in [6, 6.07) is 0. The molecular weight excluding hydrogens is 160 g/mol. The molecule has 1 amide bonds. The van der Waals surface area contributed by atoms with Crippen molar-refractivity contribution >= 4 is 12.1 Å². The molecule has 2 aliphatic rings. The van der Waals surface area contributed by atoms with Crippen molar-refractivity contribution in [1.29, 1.82) is 0 Å². The Labute approximate surface area is 69.7 Å². The first-order valence-corrected chi connectivity index (χ1v) is 3.94. The van der Waals surface area contributed by atoms with E-state index in [9.17, 15) is 4.79 Å². The molecule has 3 unspecified atom stereocenters. The highest BCUT2D eigenvalue weighted by Crippen LogP contribution is 2.23. The van der Waals surface area contributed by atoms with Crippen molar-refractivity contribution in [2.75, 3.05) is 6.61 Å². The van der Waals surface area contributed by atoms with Crippen LogP contribution in [0.5, 0.6) is 0 Å². The summed E-state index contributed by atoms with van der Waals surface area (Å²) in [5, 5.41) is 6.26. The Morgan fingerprint density at radius 1 is 1.83 bits per heavy atom. The predicted molar refractivity (Wildman–Crippen MR) is 40.4 cm³/mol. The van der Waals surface area contributed by atoms with E-state index >= 15 is 0 Å². The molecule has 2 rings (SSSR count). The number of nitrogens with zero attached hydrogens (tertiary/aromatic N) is 1. The fourth-order valence-electron chi connectivity index (χ4n) is 1.42. The third-order valence-electron chi connectivity index (χ3n) is 1.99. The van der Waals surface area contributed by atoms with E-state index < -0.39 is 0 Å². The zero-order valence-corrected chi connectivity index (χ0v) is 6.69. The number of rotatable bonds is 2. The van der Waals surface area contributed by atoms with Crippen LogP contribution in [0, 0.1) is 5.92 Å². The molecule has 0 aromatic heterocycles. The van der Waals surface area contributed by atoms with Crippen LogP contribution in [0.2, 0.25) is 0 Å². The maximum Gasteiger partial charge on any atom is 0.234 e. The maximum absolute atomic E-state index is 11.2. The molecule has 1 N–H and O–H groups in total. The molecule has 0 saturated carbocycles. The van der Waals surface area contributed by atoms with Crippen LogP contribution in [0.4, 0.5) is 0 Å². The summed E-state index contributed by atoms with van der Waals surface area (Å²) in [7, 11) is 0. The van der Waals surface area contributed by atoms with Gasteiger partial charge in [0.1, 0.15) is 5.92 Å². The van der Waals surface area contributed by atoms with E-state index in [4.69, 9.17) is 9.57 Å². The highest BCUT2D eigenvalue weighted by atomic mass is 16.7. The van der Waals surface area contributed by atoms with Gasteiger partial charge in [0.2, 0.25) is 5.91 Å². The van der Waals surface area contributed by atoms with Gasteiger partial charge in [-0.25, -0.2) is 0 Å². The van der Waals surface area contributed by atoms with Crippen molar-refractivity contribution < 1.29 is 14.4 Å². The number of carbonyl (C=O) groups excluding carboxylic acids is 1. The summed E-state index contributed by atoms with van der Waals surface area (Å²) in [4.78, 5) is 16.2. The highest BCUT2D eigenvalue weighted by Gasteiger charge is 2.46. The first kappa shape index (κ1) is 7.54. The Bertz CT molecular complexity index is 229. The SMILES string of the molecule is CCOC1NC(=O)C2C=NOC12. The smallest absolute Gasteiger partial charge is 0.234 e. The summed E-state index contributed by atoms with van der Waals surface area (Å²) >= 11 is 0. The van der Waals surface area contributed by atoms with Gasteiger partial charge in [-0.3, -0.25) is 4.79 Å². The predicted octanol–water partition coefficient (Wildman–Crippen LogP) is -0.520. The number of ether oxygens (including phenoxy) is 1. The Morgan fingerprint density at radius 2 is 2.67 bits per heavy atom. The van der Waals surface area contributed by atoms with Crippen molar-refractivity contribution in [3.05, 3.63) is 0 Å². The van der Waals surface area contributed by atoms with Crippen LogP contribution in [-0.4, -0.2) is 31.1 Å². The standard InChI is InChI=1S/C7H10N2O3/c1-2-11-7-5-4(3-8-12-5)6(10)9-7/h3-5,7H,2H2,1H3,(H,9,10). The van der Waals surface area contributed by atoms with Gasteiger partial charge in [0.15, 0.2) is 12.3 Å². The lowest BCUT2D eigenvalue weighted by Crippen LogP contribution is -2.35. The Hall–Kier alpha value is -1.10. The molecule has 2 heterocycles. The number of hydrogen-bond donors (Lipinski definition) is 1. The van der Waals surface area contributed by atoms with Crippen LogP contribution < -0.4 is 5.32 Å². The van der Waals surface area contributed by atoms with Gasteiger partial charge in [0.25, 0.3) is 0 Å². The van der Waals surface area contributed by atoms with Crippen LogP contribution in [0.3, 0.4) is 0 Å². The second-order valence-electron chi connectivity index (χ2n) is 2.73. The van der Waals surface area contributed by atoms with Gasteiger partial charge in [0, 0.05) is 6.61 Å². The van der Waals surface area contributed by atoms with E-state index in [0.29, 0.717) is 6.61 Å². The largest absolute Gasteiger partial charge is 0.387 e.